The maximum absolute atomic E-state index is 14.6. The Labute approximate surface area is 327 Å². The molecule has 0 unspecified atom stereocenters. The summed E-state index contributed by atoms with van der Waals surface area (Å²) in [5.74, 6) is -0.316. The number of benzene rings is 3. The number of carbonyl (C=O) groups is 1. The van der Waals surface area contributed by atoms with E-state index < -0.39 is 27.1 Å². The second kappa shape index (κ2) is 16.2. The molecule has 9 heteroatoms. The molecule has 2 aromatic heterocycles. The Bertz CT molecular complexity index is 2180. The van der Waals surface area contributed by atoms with Gasteiger partial charge in [0.05, 0.1) is 11.7 Å². The van der Waals surface area contributed by atoms with Crippen LogP contribution in [0.25, 0.3) is 11.1 Å². The Morgan fingerprint density at radius 1 is 0.889 bits per heavy atom. The average Bonchev–Trinajstić information content (AvgIpc) is 3.96. The summed E-state index contributed by atoms with van der Waals surface area (Å²) in [6, 6.07) is 31.2. The van der Waals surface area contributed by atoms with E-state index >= 15 is 0 Å². The molecule has 0 spiro atoms. The van der Waals surface area contributed by atoms with E-state index in [1.807, 2.05) is 90.3 Å². The molecular formula is C45H49NO5S3. The molecule has 282 valence electrons. The van der Waals surface area contributed by atoms with Gasteiger partial charge >= 0.3 is 0 Å². The molecule has 0 radical (unpaired) electrons. The van der Waals surface area contributed by atoms with E-state index in [9.17, 15) is 23.4 Å². The van der Waals surface area contributed by atoms with Gasteiger partial charge in [0.2, 0.25) is 0 Å². The van der Waals surface area contributed by atoms with Gasteiger partial charge in [0, 0.05) is 34.5 Å². The minimum absolute atomic E-state index is 0.0389. The fourth-order valence-corrected chi connectivity index (χ4v) is 11.9. The van der Waals surface area contributed by atoms with E-state index in [4.69, 9.17) is 0 Å². The summed E-state index contributed by atoms with van der Waals surface area (Å²) in [5.41, 5.74) is 4.06. The van der Waals surface area contributed by atoms with Crippen LogP contribution in [0, 0.1) is 5.41 Å². The fraction of sp³-hybridized carbons (Fsp3) is 0.356. The number of nitrogens with zero attached hydrogens (tertiary/aromatic N) is 1. The summed E-state index contributed by atoms with van der Waals surface area (Å²) in [6.45, 7) is 4.41. The van der Waals surface area contributed by atoms with Crippen LogP contribution >= 0.6 is 22.7 Å². The molecule has 0 saturated heterocycles. The summed E-state index contributed by atoms with van der Waals surface area (Å²) in [6.07, 6.45) is 6.30. The Kier molecular flexibility index (Phi) is 11.6. The molecular weight excluding hydrogens is 731 g/mol. The lowest BCUT2D eigenvalue weighted by molar-refractivity contribution is -0.0722. The highest BCUT2D eigenvalue weighted by atomic mass is 32.2. The number of sulfonamides is 1. The van der Waals surface area contributed by atoms with Gasteiger partial charge in [-0.15, -0.1) is 22.7 Å². The van der Waals surface area contributed by atoms with E-state index in [0.717, 1.165) is 33.6 Å². The molecule has 4 atom stereocenters. The van der Waals surface area contributed by atoms with Crippen LogP contribution in [0.3, 0.4) is 0 Å². The van der Waals surface area contributed by atoms with E-state index in [1.54, 1.807) is 28.8 Å². The number of rotatable bonds is 10. The normalized spacial score (nSPS) is 23.5. The molecule has 8 rings (SSSR count). The average molecular weight is 780 g/mol. The van der Waals surface area contributed by atoms with Crippen molar-refractivity contribution in [3.63, 3.8) is 0 Å². The molecule has 2 bridgehead atoms. The number of thiophene rings is 2. The molecule has 2 heterocycles. The summed E-state index contributed by atoms with van der Waals surface area (Å²) in [7, 11) is -3.89. The number of allylic oxidation sites excluding steroid dienone is 2. The first-order valence-electron chi connectivity index (χ1n) is 18.9. The van der Waals surface area contributed by atoms with Gasteiger partial charge in [-0.3, -0.25) is 4.79 Å². The monoisotopic (exact) mass is 779 g/mol. The molecule has 54 heavy (non-hydrogen) atoms. The van der Waals surface area contributed by atoms with Crippen molar-refractivity contribution in [2.24, 2.45) is 5.41 Å². The lowest BCUT2D eigenvalue weighted by atomic mass is 9.64. The van der Waals surface area contributed by atoms with Crippen molar-refractivity contribution in [1.82, 2.24) is 4.31 Å². The molecule has 3 aliphatic carbocycles. The predicted octanol–water partition coefficient (Wildman–Crippen LogP) is 9.68. The molecule has 0 amide bonds. The first-order chi connectivity index (χ1) is 26.0. The summed E-state index contributed by atoms with van der Waals surface area (Å²) < 4.78 is 30.3. The lowest BCUT2D eigenvalue weighted by Crippen LogP contribution is -2.54. The van der Waals surface area contributed by atoms with Gasteiger partial charge in [-0.05, 0) is 115 Å². The number of fused-ring (bicyclic) bond motifs is 8. The summed E-state index contributed by atoms with van der Waals surface area (Å²) >= 11 is 2.80. The van der Waals surface area contributed by atoms with Crippen molar-refractivity contribution < 1.29 is 23.4 Å². The highest BCUT2D eigenvalue weighted by Crippen LogP contribution is 2.59. The van der Waals surface area contributed by atoms with Crippen LogP contribution in [-0.2, 0) is 22.9 Å². The fourth-order valence-electron chi connectivity index (χ4n) is 8.60. The largest absolute Gasteiger partial charge is 0.393 e. The van der Waals surface area contributed by atoms with E-state index in [0.29, 0.717) is 56.1 Å². The van der Waals surface area contributed by atoms with Gasteiger partial charge in [0.1, 0.15) is 4.21 Å². The zero-order valence-electron chi connectivity index (χ0n) is 31.0. The van der Waals surface area contributed by atoms with Gasteiger partial charge in [0.15, 0.2) is 5.78 Å². The maximum atomic E-state index is 14.6. The van der Waals surface area contributed by atoms with Gasteiger partial charge < -0.3 is 10.2 Å². The first-order valence-corrected chi connectivity index (χ1v) is 22.1. The lowest BCUT2D eigenvalue weighted by Gasteiger charge is -2.46. The topological polar surface area (TPSA) is 94.9 Å². The second-order valence-corrected chi connectivity index (χ2v) is 19.5. The van der Waals surface area contributed by atoms with Gasteiger partial charge in [0.25, 0.3) is 10.0 Å². The number of aliphatic hydroxyl groups excluding tert-OH is 1. The first kappa shape index (κ1) is 38.6. The van der Waals surface area contributed by atoms with Crippen molar-refractivity contribution in [3.8, 4) is 11.1 Å². The third kappa shape index (κ3) is 7.99. The Hall–Kier alpha value is -3.70. The Morgan fingerprint density at radius 2 is 1.63 bits per heavy atom. The second-order valence-electron chi connectivity index (χ2n) is 15.3. The van der Waals surface area contributed by atoms with Crippen LogP contribution in [0.1, 0.15) is 90.2 Å². The number of carbonyl (C=O) groups excluding carboxylic acids is 1. The molecule has 1 fully saturated rings. The van der Waals surface area contributed by atoms with Crippen LogP contribution < -0.4 is 0 Å². The number of aliphatic hydroxyl groups is 2. The molecule has 6 nitrogen and oxygen atoms in total. The minimum atomic E-state index is -3.89. The van der Waals surface area contributed by atoms with Crippen LogP contribution in [0.5, 0.6) is 0 Å². The van der Waals surface area contributed by atoms with Crippen LogP contribution in [0.4, 0.5) is 0 Å². The molecule has 3 aliphatic rings. The third-order valence-electron chi connectivity index (χ3n) is 11.9. The standard InChI is InChI=1S/C45H49NO5S3/c1-32-9-6-24-44(2)41(22-25-45(44,49)31-46(26-23-38-12-7-27-52-38)54(50,51)42-13-8-28-53-42)39-21-15-33(29-37(47)20-14-32)30-40(39)43(48)36-18-16-35(17-19-36)34-10-4-3-5-11-34/h3-5,7-13,15-19,21,27-28,30,37,41,47,49H,6,14,20,22-26,29,31H2,1-2H3/t37-,41-,44-,45+/m0/s1. The van der Waals surface area contributed by atoms with E-state index in [-0.39, 0.29) is 29.0 Å². The smallest absolute Gasteiger partial charge is 0.252 e. The maximum Gasteiger partial charge on any atom is 0.252 e. The number of hydrogen-bond donors (Lipinski definition) is 2. The SMILES string of the molecule is CC1=CCC[C@@]2(C)[C@@H](CC[C@@]2(O)CN(CCc2cccs2)S(=O)(=O)c2cccs2)c2ccc(cc2C(=O)c2ccc(-c3ccccc3)cc2)C[C@@H](O)CC1. The van der Waals surface area contributed by atoms with Gasteiger partial charge in [-0.1, -0.05) is 97.4 Å². The minimum Gasteiger partial charge on any atom is -0.393 e. The van der Waals surface area contributed by atoms with Crippen molar-refractivity contribution in [2.75, 3.05) is 13.1 Å². The Balaban J connectivity index is 1.29. The zero-order chi connectivity index (χ0) is 37.9. The highest BCUT2D eigenvalue weighted by Gasteiger charge is 2.58. The highest BCUT2D eigenvalue weighted by molar-refractivity contribution is 7.91. The van der Waals surface area contributed by atoms with Crippen LogP contribution in [-0.4, -0.2) is 53.5 Å². The van der Waals surface area contributed by atoms with Gasteiger partial charge in [-0.2, -0.15) is 4.31 Å². The molecule has 2 N–H and O–H groups in total. The van der Waals surface area contributed by atoms with Crippen molar-refractivity contribution in [1.29, 1.82) is 0 Å². The quantitative estimate of drug-likeness (QED) is 0.109. The molecule has 3 aromatic carbocycles. The number of ketones is 1. The molecule has 5 aromatic rings. The number of hydrogen-bond acceptors (Lipinski definition) is 7. The summed E-state index contributed by atoms with van der Waals surface area (Å²) in [4.78, 5) is 15.7. The van der Waals surface area contributed by atoms with Crippen molar-refractivity contribution in [2.45, 2.75) is 87.0 Å². The molecule has 1 saturated carbocycles. The third-order valence-corrected chi connectivity index (χ3v) is 16.0. The van der Waals surface area contributed by atoms with E-state index in [2.05, 4.69) is 19.9 Å². The van der Waals surface area contributed by atoms with Crippen molar-refractivity contribution in [3.05, 3.63) is 147 Å². The van der Waals surface area contributed by atoms with Crippen molar-refractivity contribution >= 4 is 38.5 Å². The molecule has 0 aliphatic heterocycles. The predicted molar refractivity (Wildman–Crippen MR) is 220 cm³/mol. The Morgan fingerprint density at radius 3 is 2.35 bits per heavy atom. The van der Waals surface area contributed by atoms with Crippen LogP contribution in [0.2, 0.25) is 0 Å². The van der Waals surface area contributed by atoms with E-state index in [1.165, 1.54) is 21.2 Å². The zero-order valence-corrected chi connectivity index (χ0v) is 33.4. The van der Waals surface area contributed by atoms with Crippen LogP contribution in [0.15, 0.2) is 124 Å². The van der Waals surface area contributed by atoms with Gasteiger partial charge in [-0.25, -0.2) is 8.42 Å². The summed E-state index contributed by atoms with van der Waals surface area (Å²) in [5, 5.41) is 27.8.